The van der Waals surface area contributed by atoms with Gasteiger partial charge in [0.2, 0.25) is 0 Å². The molecule has 1 heterocycles. The summed E-state index contributed by atoms with van der Waals surface area (Å²) in [6.07, 6.45) is 0. The van der Waals surface area contributed by atoms with Crippen LogP contribution in [0.25, 0.3) is 0 Å². The second-order valence-corrected chi connectivity index (χ2v) is 6.51. The van der Waals surface area contributed by atoms with E-state index in [-0.39, 0.29) is 6.04 Å². The Labute approximate surface area is 154 Å². The van der Waals surface area contributed by atoms with Crippen LogP contribution in [0.1, 0.15) is 24.1 Å². The molecule has 3 rings (SSSR count). The van der Waals surface area contributed by atoms with Crippen molar-refractivity contribution < 1.29 is 9.47 Å². The molecule has 0 bridgehead atoms. The molecule has 0 radical (unpaired) electrons. The number of rotatable bonds is 6. The number of hydrogen-bond donors (Lipinski definition) is 1. The summed E-state index contributed by atoms with van der Waals surface area (Å²) in [5.74, 6) is 1.75. The number of piperazine rings is 1. The second-order valence-electron chi connectivity index (χ2n) is 6.08. The van der Waals surface area contributed by atoms with Gasteiger partial charge in [-0.2, -0.15) is 0 Å². The molecule has 0 saturated carbocycles. The van der Waals surface area contributed by atoms with Crippen molar-refractivity contribution >= 4 is 11.6 Å². The predicted molar refractivity (Wildman–Crippen MR) is 102 cm³/mol. The van der Waals surface area contributed by atoms with Crippen LogP contribution in [-0.2, 0) is 0 Å². The standard InChI is InChI=1S/C20H25ClN2O2/c1-3-25-19-9-6-16(21)14-18(19)20(23-12-10-22-11-13-23)15-4-7-17(24-2)8-5-15/h4-9,14,20,22H,3,10-13H2,1-2H3. The van der Waals surface area contributed by atoms with Crippen LogP contribution < -0.4 is 14.8 Å². The average molecular weight is 361 g/mol. The highest BCUT2D eigenvalue weighted by molar-refractivity contribution is 6.30. The molecule has 1 N–H and O–H groups in total. The van der Waals surface area contributed by atoms with Gasteiger partial charge in [-0.05, 0) is 42.8 Å². The Morgan fingerprint density at radius 1 is 1.12 bits per heavy atom. The van der Waals surface area contributed by atoms with Crippen LogP contribution in [0, 0.1) is 0 Å². The molecule has 1 aliphatic rings. The molecule has 2 aromatic rings. The van der Waals surface area contributed by atoms with E-state index in [1.807, 2.05) is 37.3 Å². The highest BCUT2D eigenvalue weighted by Gasteiger charge is 2.27. The van der Waals surface area contributed by atoms with Crippen LogP contribution in [0.5, 0.6) is 11.5 Å². The van der Waals surface area contributed by atoms with E-state index in [0.717, 1.165) is 48.3 Å². The lowest BCUT2D eigenvalue weighted by atomic mass is 9.95. The normalized spacial score (nSPS) is 16.4. The van der Waals surface area contributed by atoms with Gasteiger partial charge in [0, 0.05) is 36.8 Å². The summed E-state index contributed by atoms with van der Waals surface area (Å²) >= 11 is 6.33. The molecule has 0 aromatic heterocycles. The Bertz CT molecular complexity index is 685. The average Bonchev–Trinajstić information content (AvgIpc) is 2.66. The third-order valence-corrected chi connectivity index (χ3v) is 4.75. The summed E-state index contributed by atoms with van der Waals surface area (Å²) in [5.41, 5.74) is 2.33. The van der Waals surface area contributed by atoms with Gasteiger partial charge in [-0.3, -0.25) is 4.90 Å². The van der Waals surface area contributed by atoms with Crippen LogP contribution in [0.4, 0.5) is 0 Å². The molecular weight excluding hydrogens is 336 g/mol. The minimum atomic E-state index is 0.105. The minimum absolute atomic E-state index is 0.105. The van der Waals surface area contributed by atoms with Crippen LogP contribution in [0.3, 0.4) is 0 Å². The van der Waals surface area contributed by atoms with Gasteiger partial charge in [0.05, 0.1) is 19.8 Å². The first kappa shape index (κ1) is 18.1. The molecule has 2 aromatic carbocycles. The summed E-state index contributed by atoms with van der Waals surface area (Å²) in [6, 6.07) is 14.3. The van der Waals surface area contributed by atoms with Gasteiger partial charge in [-0.15, -0.1) is 0 Å². The maximum absolute atomic E-state index is 6.33. The van der Waals surface area contributed by atoms with Crippen molar-refractivity contribution in [3.63, 3.8) is 0 Å². The van der Waals surface area contributed by atoms with Crippen LogP contribution in [-0.4, -0.2) is 44.8 Å². The topological polar surface area (TPSA) is 33.7 Å². The van der Waals surface area contributed by atoms with E-state index in [9.17, 15) is 0 Å². The zero-order valence-electron chi connectivity index (χ0n) is 14.8. The molecule has 0 spiro atoms. The molecule has 1 saturated heterocycles. The molecular formula is C20H25ClN2O2. The molecule has 134 valence electrons. The molecule has 5 heteroatoms. The molecule has 1 atom stereocenters. The molecule has 25 heavy (non-hydrogen) atoms. The quantitative estimate of drug-likeness (QED) is 0.850. The van der Waals surface area contributed by atoms with Crippen molar-refractivity contribution in [1.29, 1.82) is 0 Å². The number of benzene rings is 2. The highest BCUT2D eigenvalue weighted by atomic mass is 35.5. The lowest BCUT2D eigenvalue weighted by molar-refractivity contribution is 0.194. The molecule has 1 fully saturated rings. The fraction of sp³-hybridized carbons (Fsp3) is 0.400. The first-order valence-corrected chi connectivity index (χ1v) is 9.11. The van der Waals surface area contributed by atoms with Crippen molar-refractivity contribution in [2.45, 2.75) is 13.0 Å². The van der Waals surface area contributed by atoms with Gasteiger partial charge in [0.15, 0.2) is 0 Å². The van der Waals surface area contributed by atoms with Gasteiger partial charge < -0.3 is 14.8 Å². The number of halogens is 1. The van der Waals surface area contributed by atoms with E-state index in [0.29, 0.717) is 6.61 Å². The molecule has 1 aliphatic heterocycles. The van der Waals surface area contributed by atoms with E-state index in [2.05, 4.69) is 22.3 Å². The second kappa shape index (κ2) is 8.56. The van der Waals surface area contributed by atoms with Crippen molar-refractivity contribution in [2.75, 3.05) is 39.9 Å². The maximum atomic E-state index is 6.33. The van der Waals surface area contributed by atoms with E-state index in [4.69, 9.17) is 21.1 Å². The summed E-state index contributed by atoms with van der Waals surface area (Å²) in [4.78, 5) is 2.48. The number of methoxy groups -OCH3 is 1. The number of nitrogens with zero attached hydrogens (tertiary/aromatic N) is 1. The number of nitrogens with one attached hydrogen (secondary N) is 1. The van der Waals surface area contributed by atoms with E-state index >= 15 is 0 Å². The Morgan fingerprint density at radius 3 is 2.48 bits per heavy atom. The van der Waals surface area contributed by atoms with Crippen molar-refractivity contribution in [1.82, 2.24) is 10.2 Å². The van der Waals surface area contributed by atoms with Crippen LogP contribution >= 0.6 is 11.6 Å². The number of ether oxygens (including phenoxy) is 2. The summed E-state index contributed by atoms with van der Waals surface area (Å²) in [7, 11) is 1.69. The van der Waals surface area contributed by atoms with Crippen LogP contribution in [0.2, 0.25) is 5.02 Å². The Kier molecular flexibility index (Phi) is 6.19. The summed E-state index contributed by atoms with van der Waals surface area (Å²) < 4.78 is 11.2. The Morgan fingerprint density at radius 2 is 1.84 bits per heavy atom. The van der Waals surface area contributed by atoms with Crippen molar-refractivity contribution in [2.24, 2.45) is 0 Å². The molecule has 4 nitrogen and oxygen atoms in total. The van der Waals surface area contributed by atoms with Gasteiger partial charge >= 0.3 is 0 Å². The van der Waals surface area contributed by atoms with Gasteiger partial charge in [-0.1, -0.05) is 23.7 Å². The summed E-state index contributed by atoms with van der Waals surface area (Å²) in [5, 5.41) is 4.15. The Hall–Kier alpha value is -1.75. The molecule has 0 aliphatic carbocycles. The maximum Gasteiger partial charge on any atom is 0.124 e. The summed E-state index contributed by atoms with van der Waals surface area (Å²) in [6.45, 7) is 6.56. The Balaban J connectivity index is 2.05. The van der Waals surface area contributed by atoms with Gasteiger partial charge in [0.25, 0.3) is 0 Å². The fourth-order valence-corrected chi connectivity index (χ4v) is 3.51. The predicted octanol–water partition coefficient (Wildman–Crippen LogP) is 3.74. The lowest BCUT2D eigenvalue weighted by Crippen LogP contribution is -2.45. The van der Waals surface area contributed by atoms with Crippen LogP contribution in [0.15, 0.2) is 42.5 Å². The smallest absolute Gasteiger partial charge is 0.124 e. The van der Waals surface area contributed by atoms with Gasteiger partial charge in [-0.25, -0.2) is 0 Å². The van der Waals surface area contributed by atoms with Gasteiger partial charge in [0.1, 0.15) is 11.5 Å². The van der Waals surface area contributed by atoms with E-state index in [1.54, 1.807) is 7.11 Å². The zero-order chi connectivity index (χ0) is 17.6. The fourth-order valence-electron chi connectivity index (χ4n) is 3.33. The first-order chi connectivity index (χ1) is 12.2. The SMILES string of the molecule is CCOc1ccc(Cl)cc1C(c1ccc(OC)cc1)N1CCNCC1. The van der Waals surface area contributed by atoms with E-state index in [1.165, 1.54) is 5.56 Å². The van der Waals surface area contributed by atoms with Crippen molar-refractivity contribution in [3.05, 3.63) is 58.6 Å². The largest absolute Gasteiger partial charge is 0.497 e. The monoisotopic (exact) mass is 360 g/mol. The third-order valence-electron chi connectivity index (χ3n) is 4.51. The van der Waals surface area contributed by atoms with Crippen molar-refractivity contribution in [3.8, 4) is 11.5 Å². The molecule has 1 unspecified atom stereocenters. The van der Waals surface area contributed by atoms with E-state index < -0.39 is 0 Å². The first-order valence-electron chi connectivity index (χ1n) is 8.74. The third kappa shape index (κ3) is 4.27. The number of hydrogen-bond acceptors (Lipinski definition) is 4. The highest BCUT2D eigenvalue weighted by Crippen LogP contribution is 2.37. The minimum Gasteiger partial charge on any atom is -0.497 e. The molecule has 0 amide bonds. The zero-order valence-corrected chi connectivity index (χ0v) is 15.6. The lowest BCUT2D eigenvalue weighted by Gasteiger charge is -2.36.